The second-order valence-electron chi connectivity index (χ2n) is 19.1. The van der Waals surface area contributed by atoms with Gasteiger partial charge in [-0.25, -0.2) is 0 Å². The van der Waals surface area contributed by atoms with Gasteiger partial charge in [-0.15, -0.1) is 0 Å². The third-order valence-electron chi connectivity index (χ3n) is 15.8. The maximum atomic E-state index is 14.9. The van der Waals surface area contributed by atoms with E-state index in [4.69, 9.17) is 13.9 Å². The SMILES string of the molecule is C=C(C)[C@H]1C(=O)c2c3c(cc4c5c(n1c24)C1(C)C(CCC2[C@]4(C)CC[C@@H](c6ccco6)O[C@H]4CC[C@@]21C)C5)C1=CC(C)(C)OC(C)(C)C1[C@@H]3O. The van der Waals surface area contributed by atoms with Gasteiger partial charge in [-0.1, -0.05) is 32.9 Å². The van der Waals surface area contributed by atoms with Crippen molar-refractivity contribution in [2.24, 2.45) is 28.6 Å². The van der Waals surface area contributed by atoms with E-state index in [-0.39, 0.29) is 40.2 Å². The first-order chi connectivity index (χ1) is 23.5. The number of ether oxygens (including phenoxy) is 2. The zero-order valence-electron chi connectivity index (χ0n) is 31.1. The van der Waals surface area contributed by atoms with Crippen LogP contribution in [0.15, 0.2) is 47.1 Å². The third kappa shape index (κ3) is 3.55. The Kier molecular flexibility index (Phi) is 6.06. The van der Waals surface area contributed by atoms with Gasteiger partial charge in [-0.3, -0.25) is 4.79 Å². The number of carbonyl (C=O) groups excluding carboxylic acids is 1. The Morgan fingerprint density at radius 2 is 1.82 bits per heavy atom. The molecule has 3 aliphatic heterocycles. The largest absolute Gasteiger partial charge is 0.467 e. The van der Waals surface area contributed by atoms with Gasteiger partial charge in [0.25, 0.3) is 0 Å². The predicted octanol–water partition coefficient (Wildman–Crippen LogP) is 9.75. The van der Waals surface area contributed by atoms with E-state index in [1.807, 2.05) is 13.0 Å². The molecule has 10 atom stereocenters. The number of hydrogen-bond donors (Lipinski definition) is 1. The maximum Gasteiger partial charge on any atom is 0.192 e. The highest BCUT2D eigenvalue weighted by molar-refractivity contribution is 6.18. The fraction of sp³-hybridized carbons (Fsp3) is 0.614. The number of ketones is 1. The molecular formula is C44H53NO5. The molecule has 2 aromatic heterocycles. The normalized spacial score (nSPS) is 41.6. The summed E-state index contributed by atoms with van der Waals surface area (Å²) in [5.41, 5.74) is 7.39. The van der Waals surface area contributed by atoms with Crippen molar-refractivity contribution in [3.05, 3.63) is 76.4 Å². The van der Waals surface area contributed by atoms with Gasteiger partial charge in [0.15, 0.2) is 5.78 Å². The summed E-state index contributed by atoms with van der Waals surface area (Å²) in [5, 5.41) is 13.4. The van der Waals surface area contributed by atoms with E-state index in [2.05, 4.69) is 77.8 Å². The van der Waals surface area contributed by atoms with Gasteiger partial charge in [-0.2, -0.15) is 0 Å². The number of rotatable bonds is 2. The highest BCUT2D eigenvalue weighted by Crippen LogP contribution is 2.73. The zero-order chi connectivity index (χ0) is 35.1. The van der Waals surface area contributed by atoms with Crippen LogP contribution in [0.5, 0.6) is 0 Å². The number of aliphatic hydroxyl groups excluding tert-OH is 1. The molecule has 5 heterocycles. The minimum absolute atomic E-state index is 0.0359. The Hall–Kier alpha value is -2.93. The third-order valence-corrected chi connectivity index (χ3v) is 15.8. The van der Waals surface area contributed by atoms with E-state index >= 15 is 0 Å². The Balaban J connectivity index is 1.16. The van der Waals surface area contributed by atoms with Crippen molar-refractivity contribution in [2.45, 2.75) is 141 Å². The van der Waals surface area contributed by atoms with E-state index in [1.54, 1.807) is 6.26 Å². The van der Waals surface area contributed by atoms with E-state index in [1.165, 1.54) is 29.5 Å². The van der Waals surface area contributed by atoms with Gasteiger partial charge in [0.2, 0.25) is 0 Å². The Bertz CT molecular complexity index is 2060. The zero-order valence-corrected chi connectivity index (χ0v) is 31.1. The summed E-state index contributed by atoms with van der Waals surface area (Å²) in [7, 11) is 0. The molecule has 0 bridgehead atoms. The Labute approximate surface area is 296 Å². The lowest BCUT2D eigenvalue weighted by Gasteiger charge is -2.66. The summed E-state index contributed by atoms with van der Waals surface area (Å²) in [6.45, 7) is 22.5. The second kappa shape index (κ2) is 9.53. The van der Waals surface area contributed by atoms with Crippen molar-refractivity contribution in [3.8, 4) is 0 Å². The number of allylic oxidation sites excluding steroid dienone is 1. The summed E-state index contributed by atoms with van der Waals surface area (Å²) in [6.07, 6.45) is 11.1. The molecule has 1 aromatic carbocycles. The van der Waals surface area contributed by atoms with Crippen LogP contribution < -0.4 is 0 Å². The summed E-state index contributed by atoms with van der Waals surface area (Å²) in [4.78, 5) is 14.9. The van der Waals surface area contributed by atoms with Crippen molar-refractivity contribution in [2.75, 3.05) is 0 Å². The minimum Gasteiger partial charge on any atom is -0.467 e. The first-order valence-electron chi connectivity index (χ1n) is 19.3. The average molecular weight is 676 g/mol. The fourth-order valence-electron chi connectivity index (χ4n) is 13.9. The lowest BCUT2D eigenvalue weighted by atomic mass is 9.40. The molecule has 6 heteroatoms. The van der Waals surface area contributed by atoms with E-state index in [9.17, 15) is 9.90 Å². The topological polar surface area (TPSA) is 73.8 Å². The van der Waals surface area contributed by atoms with Gasteiger partial charge >= 0.3 is 0 Å². The van der Waals surface area contributed by atoms with Crippen molar-refractivity contribution in [1.82, 2.24) is 4.57 Å². The molecule has 3 fully saturated rings. The number of Topliss-reactive ketones (excluding diaryl/α,β-unsaturated/α-hetero) is 1. The quantitative estimate of drug-likeness (QED) is 0.274. The Morgan fingerprint density at radius 3 is 2.54 bits per heavy atom. The van der Waals surface area contributed by atoms with E-state index in [0.717, 1.165) is 71.2 Å². The van der Waals surface area contributed by atoms with Crippen LogP contribution in [0.1, 0.15) is 151 Å². The monoisotopic (exact) mass is 675 g/mol. The molecule has 2 saturated carbocycles. The minimum atomic E-state index is -0.806. The molecule has 264 valence electrons. The second-order valence-corrected chi connectivity index (χ2v) is 19.1. The van der Waals surface area contributed by atoms with Gasteiger partial charge in [-0.05, 0) is 143 Å². The van der Waals surface area contributed by atoms with E-state index < -0.39 is 23.3 Å². The van der Waals surface area contributed by atoms with Crippen molar-refractivity contribution in [1.29, 1.82) is 0 Å². The van der Waals surface area contributed by atoms with Crippen LogP contribution in [-0.4, -0.2) is 32.8 Å². The fourth-order valence-corrected chi connectivity index (χ4v) is 13.9. The van der Waals surface area contributed by atoms with Crippen LogP contribution in [-0.2, 0) is 21.3 Å². The first kappa shape index (κ1) is 31.8. The number of aliphatic hydroxyl groups is 1. The smallest absolute Gasteiger partial charge is 0.192 e. The van der Waals surface area contributed by atoms with Crippen LogP contribution in [0.25, 0.3) is 16.5 Å². The molecule has 1 saturated heterocycles. The lowest BCUT2D eigenvalue weighted by molar-refractivity contribution is -0.225. The number of benzene rings is 1. The maximum absolute atomic E-state index is 14.9. The summed E-state index contributed by atoms with van der Waals surface area (Å²) >= 11 is 0. The predicted molar refractivity (Wildman–Crippen MR) is 194 cm³/mol. The van der Waals surface area contributed by atoms with Crippen LogP contribution >= 0.6 is 0 Å². The van der Waals surface area contributed by atoms with Crippen LogP contribution in [0.4, 0.5) is 0 Å². The highest BCUT2D eigenvalue weighted by atomic mass is 16.5. The van der Waals surface area contributed by atoms with Crippen molar-refractivity contribution in [3.63, 3.8) is 0 Å². The molecule has 10 rings (SSSR count). The van der Waals surface area contributed by atoms with Crippen LogP contribution in [0, 0.1) is 28.6 Å². The number of furan rings is 1. The first-order valence-corrected chi connectivity index (χ1v) is 19.3. The van der Waals surface area contributed by atoms with Gasteiger partial charge in [0.1, 0.15) is 17.9 Å². The molecule has 0 amide bonds. The van der Waals surface area contributed by atoms with Gasteiger partial charge in [0, 0.05) is 28.0 Å². The number of hydrogen-bond acceptors (Lipinski definition) is 5. The number of fused-ring (bicyclic) bond motifs is 13. The summed E-state index contributed by atoms with van der Waals surface area (Å²) in [5.74, 6) is 1.84. The molecular weight excluding hydrogens is 622 g/mol. The molecule has 4 unspecified atom stereocenters. The van der Waals surface area contributed by atoms with Crippen molar-refractivity contribution < 1.29 is 23.8 Å². The van der Waals surface area contributed by atoms with Gasteiger partial charge in [0.05, 0.1) is 40.8 Å². The lowest BCUT2D eigenvalue weighted by Crippen LogP contribution is -2.63. The molecule has 1 N–H and O–H groups in total. The molecule has 50 heavy (non-hydrogen) atoms. The highest BCUT2D eigenvalue weighted by Gasteiger charge is 2.69. The molecule has 3 aromatic rings. The van der Waals surface area contributed by atoms with Crippen LogP contribution in [0.3, 0.4) is 0 Å². The number of aromatic nitrogens is 1. The van der Waals surface area contributed by atoms with Crippen LogP contribution in [0.2, 0.25) is 0 Å². The average Bonchev–Trinajstić information content (AvgIpc) is 3.83. The standard InChI is InChI=1S/C44H53NO5/c1-22(2)35-38(47)33-32-24(27-21-40(3,4)50-41(5,6)34(27)37(32)46)20-25-26-19-23-12-13-30-42(7)16-14-29(28-11-10-18-48-28)49-31(42)15-17-43(30,8)44(23,9)39(26)45(35)36(25)33/h10-11,18,20-21,23,29-31,34-35,37,46H,1,12-17,19H2,2-9H3/t23?,29-,30?,31-,34?,35-,37+,42-,43-,44?/m0/s1. The summed E-state index contributed by atoms with van der Waals surface area (Å²) < 4.78 is 21.8. The Morgan fingerprint density at radius 1 is 1.04 bits per heavy atom. The molecule has 4 aliphatic carbocycles. The molecule has 0 radical (unpaired) electrons. The van der Waals surface area contributed by atoms with Gasteiger partial charge < -0.3 is 23.6 Å². The molecule has 7 aliphatic rings. The van der Waals surface area contributed by atoms with E-state index in [0.29, 0.717) is 11.8 Å². The number of carbonyl (C=O) groups is 1. The summed E-state index contributed by atoms with van der Waals surface area (Å²) in [6, 6.07) is 5.95. The van der Waals surface area contributed by atoms with Crippen molar-refractivity contribution >= 4 is 22.3 Å². The molecule has 0 spiro atoms. The molecule has 6 nitrogen and oxygen atoms in total. The number of nitrogens with zero attached hydrogens (tertiary/aromatic N) is 1.